The minimum atomic E-state index is -0.180. The second-order valence-corrected chi connectivity index (χ2v) is 8.91. The van der Waals surface area contributed by atoms with Gasteiger partial charge in [-0.3, -0.25) is 9.59 Å². The van der Waals surface area contributed by atoms with Crippen LogP contribution in [0.5, 0.6) is 11.5 Å². The van der Waals surface area contributed by atoms with Gasteiger partial charge in [0, 0.05) is 18.7 Å². The SMILES string of the molecule is C=CCc1ccc(OCC(=O)NCCCCN)c(-c2ccc(OCC(=O)NCCCCN)c(CC=C)c2)c1. The summed E-state index contributed by atoms with van der Waals surface area (Å²) in [7, 11) is 0. The second kappa shape index (κ2) is 17.8. The minimum Gasteiger partial charge on any atom is -0.483 e. The molecule has 0 aliphatic carbocycles. The number of unbranched alkanes of at least 4 members (excludes halogenated alkanes) is 2. The van der Waals surface area contributed by atoms with E-state index in [-0.39, 0.29) is 25.0 Å². The lowest BCUT2D eigenvalue weighted by atomic mass is 9.97. The number of benzene rings is 2. The predicted molar refractivity (Wildman–Crippen MR) is 153 cm³/mol. The Balaban J connectivity index is 2.18. The van der Waals surface area contributed by atoms with Crippen molar-refractivity contribution in [3.8, 4) is 22.6 Å². The molecule has 38 heavy (non-hydrogen) atoms. The molecule has 0 fully saturated rings. The maximum atomic E-state index is 12.3. The van der Waals surface area contributed by atoms with Crippen molar-refractivity contribution in [3.05, 3.63) is 72.8 Å². The van der Waals surface area contributed by atoms with Gasteiger partial charge in [0.2, 0.25) is 0 Å². The number of carbonyl (C=O) groups is 2. The highest BCUT2D eigenvalue weighted by atomic mass is 16.5. The molecule has 0 unspecified atom stereocenters. The lowest BCUT2D eigenvalue weighted by molar-refractivity contribution is -0.123. The molecule has 206 valence electrons. The number of nitrogens with two attached hydrogens (primary N) is 2. The number of rotatable bonds is 19. The van der Waals surface area contributed by atoms with Gasteiger partial charge in [-0.25, -0.2) is 0 Å². The van der Waals surface area contributed by atoms with E-state index in [1.165, 1.54) is 0 Å². The average Bonchev–Trinajstić information content (AvgIpc) is 2.92. The van der Waals surface area contributed by atoms with Crippen LogP contribution in [0.25, 0.3) is 11.1 Å². The van der Waals surface area contributed by atoms with Crippen molar-refractivity contribution < 1.29 is 19.1 Å². The fourth-order valence-corrected chi connectivity index (χ4v) is 3.81. The Bertz CT molecular complexity index is 1050. The molecule has 2 rings (SSSR count). The number of carbonyl (C=O) groups excluding carboxylic acids is 2. The summed E-state index contributed by atoms with van der Waals surface area (Å²) in [6.45, 7) is 9.90. The Kier molecular flexibility index (Phi) is 14.3. The fraction of sp³-hybridized carbons (Fsp3) is 0.400. The first-order valence-electron chi connectivity index (χ1n) is 13.2. The summed E-state index contributed by atoms with van der Waals surface area (Å²) in [5.74, 6) is 0.864. The summed E-state index contributed by atoms with van der Waals surface area (Å²) in [5, 5.41) is 5.70. The Morgan fingerprint density at radius 3 is 1.92 bits per heavy atom. The number of nitrogens with one attached hydrogen (secondary N) is 2. The number of hydrogen-bond acceptors (Lipinski definition) is 6. The van der Waals surface area contributed by atoms with Crippen molar-refractivity contribution in [2.45, 2.75) is 38.5 Å². The molecule has 8 nitrogen and oxygen atoms in total. The van der Waals surface area contributed by atoms with Gasteiger partial charge in [-0.1, -0.05) is 24.3 Å². The van der Waals surface area contributed by atoms with E-state index in [9.17, 15) is 9.59 Å². The van der Waals surface area contributed by atoms with Crippen LogP contribution < -0.4 is 31.6 Å². The van der Waals surface area contributed by atoms with Gasteiger partial charge in [0.1, 0.15) is 11.5 Å². The molecule has 0 aromatic heterocycles. The van der Waals surface area contributed by atoms with Crippen molar-refractivity contribution in [1.29, 1.82) is 0 Å². The third-order valence-corrected chi connectivity index (χ3v) is 5.78. The highest BCUT2D eigenvalue weighted by Crippen LogP contribution is 2.34. The summed E-state index contributed by atoms with van der Waals surface area (Å²) in [6, 6.07) is 11.7. The van der Waals surface area contributed by atoms with E-state index in [4.69, 9.17) is 20.9 Å². The molecule has 0 aliphatic heterocycles. The Labute approximate surface area is 226 Å². The average molecular weight is 523 g/mol. The van der Waals surface area contributed by atoms with E-state index in [1.54, 1.807) is 6.08 Å². The Morgan fingerprint density at radius 2 is 1.34 bits per heavy atom. The molecule has 2 aromatic rings. The van der Waals surface area contributed by atoms with Gasteiger partial charge >= 0.3 is 0 Å². The third kappa shape index (κ3) is 10.8. The van der Waals surface area contributed by atoms with Gasteiger partial charge in [0.15, 0.2) is 13.2 Å². The zero-order valence-corrected chi connectivity index (χ0v) is 22.3. The maximum absolute atomic E-state index is 12.3. The first-order valence-corrected chi connectivity index (χ1v) is 13.2. The fourth-order valence-electron chi connectivity index (χ4n) is 3.81. The van der Waals surface area contributed by atoms with E-state index in [2.05, 4.69) is 23.8 Å². The van der Waals surface area contributed by atoms with Crippen LogP contribution in [0.3, 0.4) is 0 Å². The highest BCUT2D eigenvalue weighted by molar-refractivity contribution is 5.79. The van der Waals surface area contributed by atoms with Crippen LogP contribution in [-0.4, -0.2) is 51.2 Å². The zero-order chi connectivity index (χ0) is 27.6. The smallest absolute Gasteiger partial charge is 0.257 e. The molecule has 0 spiro atoms. The van der Waals surface area contributed by atoms with Crippen LogP contribution in [0.15, 0.2) is 61.7 Å². The first kappa shape index (κ1) is 30.6. The molecular weight excluding hydrogens is 480 g/mol. The summed E-state index contributed by atoms with van der Waals surface area (Å²) in [4.78, 5) is 24.4. The molecule has 6 N–H and O–H groups in total. The van der Waals surface area contributed by atoms with Crippen LogP contribution in [0.4, 0.5) is 0 Å². The van der Waals surface area contributed by atoms with Gasteiger partial charge in [0.05, 0.1) is 0 Å². The lowest BCUT2D eigenvalue weighted by Crippen LogP contribution is -2.30. The number of hydrogen-bond donors (Lipinski definition) is 4. The molecule has 0 radical (unpaired) electrons. The molecule has 2 aromatic carbocycles. The maximum Gasteiger partial charge on any atom is 0.257 e. The van der Waals surface area contributed by atoms with Crippen molar-refractivity contribution in [3.63, 3.8) is 0 Å². The largest absolute Gasteiger partial charge is 0.483 e. The quantitative estimate of drug-likeness (QED) is 0.166. The molecule has 0 aliphatic rings. The molecule has 0 atom stereocenters. The zero-order valence-electron chi connectivity index (χ0n) is 22.3. The van der Waals surface area contributed by atoms with Crippen molar-refractivity contribution in [2.24, 2.45) is 11.5 Å². The predicted octanol–water partition coefficient (Wildman–Crippen LogP) is 3.28. The van der Waals surface area contributed by atoms with E-state index >= 15 is 0 Å². The van der Waals surface area contributed by atoms with Gasteiger partial charge in [-0.2, -0.15) is 0 Å². The molecule has 0 saturated carbocycles. The Hall–Kier alpha value is -3.62. The van der Waals surface area contributed by atoms with Gasteiger partial charge in [-0.05, 0) is 92.6 Å². The number of allylic oxidation sites excluding steroid dienone is 2. The van der Waals surface area contributed by atoms with Crippen LogP contribution in [0, 0.1) is 0 Å². The van der Waals surface area contributed by atoms with Crippen molar-refractivity contribution in [1.82, 2.24) is 10.6 Å². The van der Waals surface area contributed by atoms with E-state index in [0.717, 1.165) is 47.9 Å². The molecule has 0 saturated heterocycles. The monoisotopic (exact) mass is 522 g/mol. The highest BCUT2D eigenvalue weighted by Gasteiger charge is 2.14. The van der Waals surface area contributed by atoms with E-state index < -0.39 is 0 Å². The van der Waals surface area contributed by atoms with Gasteiger partial charge < -0.3 is 31.6 Å². The molecule has 2 amide bonds. The van der Waals surface area contributed by atoms with E-state index in [0.29, 0.717) is 50.5 Å². The van der Waals surface area contributed by atoms with Crippen LogP contribution >= 0.6 is 0 Å². The summed E-state index contributed by atoms with van der Waals surface area (Å²) >= 11 is 0. The summed E-state index contributed by atoms with van der Waals surface area (Å²) < 4.78 is 11.8. The van der Waals surface area contributed by atoms with Gasteiger partial charge in [-0.15, -0.1) is 13.2 Å². The standard InChI is InChI=1S/C30H42N4O4/c1-3-9-23-11-13-28(38-22-30(36)34-18-8-6-16-32)26(19-23)24-12-14-27(25(20-24)10-4-2)37-21-29(35)33-17-7-5-15-31/h3-4,11-14,19-20H,1-2,5-10,15-18,21-22,31-32H2,(H,33,35)(H,34,36). The lowest BCUT2D eigenvalue weighted by Gasteiger charge is -2.16. The first-order chi connectivity index (χ1) is 18.5. The Morgan fingerprint density at radius 1 is 0.763 bits per heavy atom. The van der Waals surface area contributed by atoms with Crippen LogP contribution in [0.1, 0.15) is 36.8 Å². The van der Waals surface area contributed by atoms with Crippen molar-refractivity contribution in [2.75, 3.05) is 39.4 Å². The van der Waals surface area contributed by atoms with Gasteiger partial charge in [0.25, 0.3) is 11.8 Å². The summed E-state index contributed by atoms with van der Waals surface area (Å²) in [6.07, 6.45) is 8.30. The number of ether oxygens (including phenoxy) is 2. The van der Waals surface area contributed by atoms with Crippen LogP contribution in [-0.2, 0) is 22.4 Å². The summed E-state index contributed by atoms with van der Waals surface area (Å²) in [5.41, 5.74) is 14.7. The molecule has 0 heterocycles. The molecular formula is C30H42N4O4. The number of amides is 2. The second-order valence-electron chi connectivity index (χ2n) is 8.91. The van der Waals surface area contributed by atoms with Crippen molar-refractivity contribution >= 4 is 11.8 Å². The molecule has 8 heteroatoms. The minimum absolute atomic E-state index is 0.0737. The normalized spacial score (nSPS) is 10.5. The topological polar surface area (TPSA) is 129 Å². The molecule has 0 bridgehead atoms. The van der Waals surface area contributed by atoms with E-state index in [1.807, 2.05) is 42.5 Å². The third-order valence-electron chi connectivity index (χ3n) is 5.78. The van der Waals surface area contributed by atoms with Crippen LogP contribution in [0.2, 0.25) is 0 Å².